The summed E-state index contributed by atoms with van der Waals surface area (Å²) < 4.78 is 33.3. The first-order valence-corrected chi connectivity index (χ1v) is 7.98. The lowest BCUT2D eigenvalue weighted by Gasteiger charge is -2.13. The Morgan fingerprint density at radius 3 is 2.74 bits per heavy atom. The topological polar surface area (TPSA) is 64.6 Å². The van der Waals surface area contributed by atoms with E-state index < -0.39 is 9.84 Å². The molecule has 1 aromatic rings. The third kappa shape index (κ3) is 6.04. The molecule has 108 valence electrons. The van der Waals surface area contributed by atoms with Crippen LogP contribution in [0, 0.1) is 0 Å². The van der Waals surface area contributed by atoms with Gasteiger partial charge >= 0.3 is 0 Å². The van der Waals surface area contributed by atoms with Crippen molar-refractivity contribution in [1.82, 2.24) is 5.32 Å². The van der Waals surface area contributed by atoms with Gasteiger partial charge in [0, 0.05) is 26.0 Å². The van der Waals surface area contributed by atoms with Crippen molar-refractivity contribution in [2.24, 2.45) is 0 Å². The van der Waals surface area contributed by atoms with E-state index in [4.69, 9.17) is 9.47 Å². The van der Waals surface area contributed by atoms with Crippen molar-refractivity contribution in [2.75, 3.05) is 33.1 Å². The van der Waals surface area contributed by atoms with Crippen LogP contribution in [-0.2, 0) is 14.6 Å². The molecular weight excluding hydrogens is 266 g/mol. The highest BCUT2D eigenvalue weighted by Crippen LogP contribution is 2.16. The maximum Gasteiger partial charge on any atom is 0.175 e. The minimum atomic E-state index is -3.19. The molecule has 0 spiro atoms. The average Bonchev–Trinajstić information content (AvgIpc) is 2.34. The lowest BCUT2D eigenvalue weighted by atomic mass is 10.3. The first kappa shape index (κ1) is 15.9. The molecule has 0 aliphatic rings. The van der Waals surface area contributed by atoms with Gasteiger partial charge in [-0.05, 0) is 25.1 Å². The number of methoxy groups -OCH3 is 1. The van der Waals surface area contributed by atoms with Crippen molar-refractivity contribution in [3.63, 3.8) is 0 Å². The van der Waals surface area contributed by atoms with Gasteiger partial charge in [0.2, 0.25) is 0 Å². The van der Waals surface area contributed by atoms with Crippen LogP contribution in [0.1, 0.15) is 6.92 Å². The van der Waals surface area contributed by atoms with E-state index >= 15 is 0 Å². The van der Waals surface area contributed by atoms with E-state index in [1.54, 1.807) is 25.3 Å². The standard InChI is InChI=1S/C13H21NO4S/c1-11(10-17-2)14-7-8-18-12-5-4-6-13(9-12)19(3,15)16/h4-6,9,11,14H,7-8,10H2,1-3H3. The first-order chi connectivity index (χ1) is 8.93. The fraction of sp³-hybridized carbons (Fsp3) is 0.538. The number of benzene rings is 1. The molecule has 0 aliphatic heterocycles. The summed E-state index contributed by atoms with van der Waals surface area (Å²) in [7, 11) is -1.53. The molecule has 0 heterocycles. The van der Waals surface area contributed by atoms with Crippen molar-refractivity contribution >= 4 is 9.84 Å². The van der Waals surface area contributed by atoms with Gasteiger partial charge in [-0.25, -0.2) is 8.42 Å². The second kappa shape index (κ2) is 7.47. The van der Waals surface area contributed by atoms with Gasteiger partial charge < -0.3 is 14.8 Å². The van der Waals surface area contributed by atoms with E-state index in [1.807, 2.05) is 6.92 Å². The Bertz CT molecular complexity index is 487. The second-order valence-corrected chi connectivity index (χ2v) is 6.42. The quantitative estimate of drug-likeness (QED) is 0.725. The summed E-state index contributed by atoms with van der Waals surface area (Å²) in [6.07, 6.45) is 1.18. The molecule has 1 atom stereocenters. The Morgan fingerprint density at radius 2 is 2.11 bits per heavy atom. The molecule has 5 nitrogen and oxygen atoms in total. The van der Waals surface area contributed by atoms with E-state index in [9.17, 15) is 8.42 Å². The third-order valence-corrected chi connectivity index (χ3v) is 3.62. The highest BCUT2D eigenvalue weighted by molar-refractivity contribution is 7.90. The lowest BCUT2D eigenvalue weighted by Crippen LogP contribution is -2.33. The van der Waals surface area contributed by atoms with Crippen LogP contribution in [0.4, 0.5) is 0 Å². The molecule has 1 aromatic carbocycles. The van der Waals surface area contributed by atoms with Crippen LogP contribution in [0.2, 0.25) is 0 Å². The summed E-state index contributed by atoms with van der Waals surface area (Å²) in [5.41, 5.74) is 0. The fourth-order valence-electron chi connectivity index (χ4n) is 1.58. The molecular formula is C13H21NO4S. The summed E-state index contributed by atoms with van der Waals surface area (Å²) in [5, 5.41) is 3.23. The number of ether oxygens (including phenoxy) is 2. The Morgan fingerprint density at radius 1 is 1.37 bits per heavy atom. The van der Waals surface area contributed by atoms with Gasteiger partial charge in [-0.1, -0.05) is 6.07 Å². The summed E-state index contributed by atoms with van der Waals surface area (Å²) in [6.45, 7) is 3.81. The number of sulfone groups is 1. The average molecular weight is 287 g/mol. The van der Waals surface area contributed by atoms with Crippen LogP contribution in [0.25, 0.3) is 0 Å². The Kier molecular flexibility index (Phi) is 6.27. The minimum Gasteiger partial charge on any atom is -0.492 e. The van der Waals surface area contributed by atoms with Gasteiger partial charge in [-0.15, -0.1) is 0 Å². The van der Waals surface area contributed by atoms with Crippen LogP contribution in [0.3, 0.4) is 0 Å². The van der Waals surface area contributed by atoms with E-state index in [1.165, 1.54) is 12.3 Å². The molecule has 1 rings (SSSR count). The van der Waals surface area contributed by atoms with Crippen LogP contribution in [-0.4, -0.2) is 47.6 Å². The van der Waals surface area contributed by atoms with Gasteiger partial charge in [-0.2, -0.15) is 0 Å². The molecule has 0 bridgehead atoms. The summed E-state index contributed by atoms with van der Waals surface area (Å²) in [4.78, 5) is 0.269. The highest BCUT2D eigenvalue weighted by atomic mass is 32.2. The maximum atomic E-state index is 11.4. The minimum absolute atomic E-state index is 0.260. The van der Waals surface area contributed by atoms with E-state index in [-0.39, 0.29) is 10.9 Å². The molecule has 1 N–H and O–H groups in total. The van der Waals surface area contributed by atoms with Gasteiger partial charge in [0.15, 0.2) is 9.84 Å². The summed E-state index contributed by atoms with van der Waals surface area (Å²) >= 11 is 0. The predicted molar refractivity (Wildman–Crippen MR) is 74.4 cm³/mol. The van der Waals surface area contributed by atoms with Crippen molar-refractivity contribution in [1.29, 1.82) is 0 Å². The van der Waals surface area contributed by atoms with Gasteiger partial charge in [0.1, 0.15) is 12.4 Å². The number of hydrogen-bond acceptors (Lipinski definition) is 5. The summed E-state index contributed by atoms with van der Waals surface area (Å²) in [5.74, 6) is 0.559. The molecule has 1 unspecified atom stereocenters. The zero-order chi connectivity index (χ0) is 14.3. The normalized spacial score (nSPS) is 13.2. The van der Waals surface area contributed by atoms with Crippen molar-refractivity contribution in [3.8, 4) is 5.75 Å². The molecule has 0 amide bonds. The van der Waals surface area contributed by atoms with E-state index in [0.29, 0.717) is 25.5 Å². The Labute approximate surface area is 114 Å². The SMILES string of the molecule is COCC(C)NCCOc1cccc(S(C)(=O)=O)c1. The zero-order valence-electron chi connectivity index (χ0n) is 11.5. The Balaban J connectivity index is 2.42. The molecule has 19 heavy (non-hydrogen) atoms. The number of hydrogen-bond donors (Lipinski definition) is 1. The third-order valence-electron chi connectivity index (χ3n) is 2.51. The molecule has 0 fully saturated rings. The van der Waals surface area contributed by atoms with Crippen LogP contribution >= 0.6 is 0 Å². The Hall–Kier alpha value is -1.11. The second-order valence-electron chi connectivity index (χ2n) is 4.41. The summed E-state index contributed by atoms with van der Waals surface area (Å²) in [6, 6.07) is 6.77. The molecule has 0 aliphatic carbocycles. The van der Waals surface area contributed by atoms with E-state index in [0.717, 1.165) is 0 Å². The van der Waals surface area contributed by atoms with Crippen LogP contribution in [0.5, 0.6) is 5.75 Å². The molecule has 0 radical (unpaired) electrons. The predicted octanol–water partition coefficient (Wildman–Crippen LogP) is 1.09. The van der Waals surface area contributed by atoms with Crippen LogP contribution < -0.4 is 10.1 Å². The van der Waals surface area contributed by atoms with Gasteiger partial charge in [-0.3, -0.25) is 0 Å². The fourth-order valence-corrected chi connectivity index (χ4v) is 2.23. The largest absolute Gasteiger partial charge is 0.492 e. The van der Waals surface area contributed by atoms with Crippen molar-refractivity contribution in [2.45, 2.75) is 17.9 Å². The maximum absolute atomic E-state index is 11.4. The van der Waals surface area contributed by atoms with Crippen LogP contribution in [0.15, 0.2) is 29.2 Å². The van der Waals surface area contributed by atoms with Gasteiger partial charge in [0.25, 0.3) is 0 Å². The molecule has 6 heteroatoms. The lowest BCUT2D eigenvalue weighted by molar-refractivity contribution is 0.169. The van der Waals surface area contributed by atoms with E-state index in [2.05, 4.69) is 5.32 Å². The highest BCUT2D eigenvalue weighted by Gasteiger charge is 2.07. The smallest absolute Gasteiger partial charge is 0.175 e. The van der Waals surface area contributed by atoms with Crippen molar-refractivity contribution < 1.29 is 17.9 Å². The molecule has 0 saturated heterocycles. The number of rotatable bonds is 8. The molecule has 0 saturated carbocycles. The number of nitrogens with one attached hydrogen (secondary N) is 1. The van der Waals surface area contributed by atoms with Gasteiger partial charge in [0.05, 0.1) is 11.5 Å². The first-order valence-electron chi connectivity index (χ1n) is 6.08. The van der Waals surface area contributed by atoms with Crippen molar-refractivity contribution in [3.05, 3.63) is 24.3 Å². The zero-order valence-corrected chi connectivity index (χ0v) is 12.4. The monoisotopic (exact) mass is 287 g/mol. The molecule has 0 aromatic heterocycles.